The van der Waals surface area contributed by atoms with E-state index in [1.807, 2.05) is 18.2 Å². The van der Waals surface area contributed by atoms with E-state index >= 15 is 0 Å². The van der Waals surface area contributed by atoms with Gasteiger partial charge in [0, 0.05) is 6.04 Å². The molecule has 1 saturated carbocycles. The normalized spacial score (nSPS) is 17.7. The molecule has 1 aliphatic carbocycles. The molecule has 0 aromatic heterocycles. The van der Waals surface area contributed by atoms with Gasteiger partial charge in [-0.25, -0.2) is 0 Å². The highest BCUT2D eigenvalue weighted by Gasteiger charge is 2.26. The number of carbonyl (C=O) groups is 2. The summed E-state index contributed by atoms with van der Waals surface area (Å²) >= 11 is 1.66. The molecule has 1 aliphatic rings. The van der Waals surface area contributed by atoms with Gasteiger partial charge in [0.1, 0.15) is 12.1 Å². The Hall–Kier alpha value is -0.790. The molecule has 0 bridgehead atoms. The van der Waals surface area contributed by atoms with Crippen LogP contribution in [-0.2, 0) is 9.59 Å². The van der Waals surface area contributed by atoms with Gasteiger partial charge in [0.15, 0.2) is 0 Å². The van der Waals surface area contributed by atoms with Crippen LogP contribution >= 0.6 is 11.8 Å². The van der Waals surface area contributed by atoms with E-state index in [1.54, 1.807) is 25.7 Å². The zero-order valence-electron chi connectivity index (χ0n) is 14.0. The summed E-state index contributed by atoms with van der Waals surface area (Å²) in [6.45, 7) is 1.75. The van der Waals surface area contributed by atoms with Gasteiger partial charge in [-0.3, -0.25) is 14.5 Å². The first-order valence-corrected chi connectivity index (χ1v) is 9.08. The molecule has 0 unspecified atom stereocenters. The topological polar surface area (TPSA) is 89.9 Å². The first kappa shape index (κ1) is 21.2. The van der Waals surface area contributed by atoms with Gasteiger partial charge in [-0.15, -0.1) is 0 Å². The number of nitrogens with zero attached hydrogens (tertiary/aromatic N) is 1. The third-order valence-electron chi connectivity index (χ3n) is 4.13. The summed E-state index contributed by atoms with van der Waals surface area (Å²) < 4.78 is 0. The third-order valence-corrected chi connectivity index (χ3v) is 4.77. The van der Waals surface area contributed by atoms with Gasteiger partial charge in [-0.1, -0.05) is 12.8 Å². The Morgan fingerprint density at radius 1 is 1.27 bits per heavy atom. The molecule has 0 saturated heterocycles. The zero-order valence-corrected chi connectivity index (χ0v) is 14.9. The Kier molecular flexibility index (Phi) is 11.3. The Balaban J connectivity index is 0.000000409. The molecular formula is C15H30N2O4S. The second kappa shape index (κ2) is 11.7. The lowest BCUT2D eigenvalue weighted by Gasteiger charge is -2.27. The Morgan fingerprint density at radius 3 is 2.18 bits per heavy atom. The van der Waals surface area contributed by atoms with Crippen molar-refractivity contribution in [2.24, 2.45) is 0 Å². The van der Waals surface area contributed by atoms with Crippen LogP contribution < -0.4 is 5.32 Å². The van der Waals surface area contributed by atoms with Crippen molar-refractivity contribution in [1.82, 2.24) is 10.2 Å². The maximum Gasteiger partial charge on any atom is 0.320 e. The Labute approximate surface area is 137 Å². The second-order valence-electron chi connectivity index (χ2n) is 5.58. The van der Waals surface area contributed by atoms with Crippen molar-refractivity contribution in [2.45, 2.75) is 57.2 Å². The van der Waals surface area contributed by atoms with Gasteiger partial charge in [-0.05, 0) is 52.3 Å². The minimum atomic E-state index is -0.767. The molecule has 0 amide bonds. The number of aliphatic carboxylic acids is 2. The van der Waals surface area contributed by atoms with Crippen LogP contribution in [0.5, 0.6) is 0 Å². The van der Waals surface area contributed by atoms with Crippen LogP contribution in [0.4, 0.5) is 0 Å². The Bertz CT molecular complexity index is 336. The number of likely N-dealkylation sites (N-methyl/N-ethyl adjacent to an activating group) is 2. The van der Waals surface area contributed by atoms with E-state index < -0.39 is 11.9 Å². The molecule has 130 valence electrons. The highest BCUT2D eigenvalue weighted by Crippen LogP contribution is 2.23. The van der Waals surface area contributed by atoms with Crippen molar-refractivity contribution >= 4 is 23.7 Å². The number of hydrogen-bond donors (Lipinski definition) is 3. The van der Waals surface area contributed by atoms with E-state index in [0.717, 1.165) is 18.6 Å². The van der Waals surface area contributed by atoms with E-state index in [9.17, 15) is 9.59 Å². The summed E-state index contributed by atoms with van der Waals surface area (Å²) in [5.74, 6) is -0.599. The maximum atomic E-state index is 10.7. The lowest BCUT2D eigenvalue weighted by atomic mass is 10.2. The standard InChI is InChI=1S/C9H17NO2.C6H13NO2S/c1-7(9(11)12)10(2)8-5-3-4-6-8;1-7-5(6(8)9)3-4-10-2/h7-8H,3-6H2,1-2H3,(H,11,12);5,7H,3-4H2,1-2H3,(H,8,9)/t7-;5-/m01/s1. The minimum Gasteiger partial charge on any atom is -0.480 e. The molecular weight excluding hydrogens is 304 g/mol. The fraction of sp³-hybridized carbons (Fsp3) is 0.867. The van der Waals surface area contributed by atoms with Crippen LogP contribution in [0.3, 0.4) is 0 Å². The van der Waals surface area contributed by atoms with E-state index in [0.29, 0.717) is 12.5 Å². The molecule has 0 aromatic rings. The first-order chi connectivity index (χ1) is 10.3. The molecule has 0 spiro atoms. The number of carboxylic acid groups (broad SMARTS) is 2. The number of carboxylic acids is 2. The van der Waals surface area contributed by atoms with Crippen molar-refractivity contribution in [3.05, 3.63) is 0 Å². The predicted molar refractivity (Wildman–Crippen MR) is 90.6 cm³/mol. The molecule has 6 nitrogen and oxygen atoms in total. The van der Waals surface area contributed by atoms with Crippen LogP contribution in [0, 0.1) is 0 Å². The minimum absolute atomic E-state index is 0.340. The van der Waals surface area contributed by atoms with Crippen molar-refractivity contribution in [3.8, 4) is 0 Å². The summed E-state index contributed by atoms with van der Waals surface area (Å²) in [7, 11) is 3.58. The van der Waals surface area contributed by atoms with E-state index in [-0.39, 0.29) is 12.1 Å². The molecule has 22 heavy (non-hydrogen) atoms. The average Bonchev–Trinajstić information content (AvgIpc) is 3.01. The summed E-state index contributed by atoms with van der Waals surface area (Å²) in [6, 6.07) is -0.225. The van der Waals surface area contributed by atoms with Gasteiger partial charge >= 0.3 is 11.9 Å². The lowest BCUT2D eigenvalue weighted by molar-refractivity contribution is -0.143. The van der Waals surface area contributed by atoms with E-state index in [2.05, 4.69) is 5.32 Å². The molecule has 2 atom stereocenters. The molecule has 0 aromatic carbocycles. The van der Waals surface area contributed by atoms with Crippen molar-refractivity contribution in [3.63, 3.8) is 0 Å². The summed E-state index contributed by atoms with van der Waals surface area (Å²) in [4.78, 5) is 23.0. The van der Waals surface area contributed by atoms with Crippen LogP contribution in [-0.4, -0.2) is 71.3 Å². The monoisotopic (exact) mass is 334 g/mol. The molecule has 3 N–H and O–H groups in total. The summed E-state index contributed by atoms with van der Waals surface area (Å²) in [5, 5.41) is 20.0. The number of hydrogen-bond acceptors (Lipinski definition) is 5. The first-order valence-electron chi connectivity index (χ1n) is 7.68. The van der Waals surface area contributed by atoms with Crippen molar-refractivity contribution in [2.75, 3.05) is 26.1 Å². The van der Waals surface area contributed by atoms with Gasteiger partial charge in [0.25, 0.3) is 0 Å². The molecule has 1 fully saturated rings. The van der Waals surface area contributed by atoms with Crippen LogP contribution in [0.25, 0.3) is 0 Å². The highest BCUT2D eigenvalue weighted by molar-refractivity contribution is 7.98. The third kappa shape index (κ3) is 8.00. The van der Waals surface area contributed by atoms with E-state index in [1.165, 1.54) is 12.8 Å². The molecule has 0 heterocycles. The molecule has 0 aliphatic heterocycles. The van der Waals surface area contributed by atoms with Gasteiger partial charge in [0.05, 0.1) is 0 Å². The van der Waals surface area contributed by atoms with Crippen molar-refractivity contribution in [1.29, 1.82) is 0 Å². The zero-order chi connectivity index (χ0) is 17.1. The van der Waals surface area contributed by atoms with E-state index in [4.69, 9.17) is 10.2 Å². The average molecular weight is 334 g/mol. The quantitative estimate of drug-likeness (QED) is 0.623. The molecule has 0 radical (unpaired) electrons. The van der Waals surface area contributed by atoms with Gasteiger partial charge < -0.3 is 15.5 Å². The summed E-state index contributed by atoms with van der Waals surface area (Å²) in [6.07, 6.45) is 7.48. The van der Waals surface area contributed by atoms with Crippen molar-refractivity contribution < 1.29 is 19.8 Å². The SMILES string of the molecule is CN[C@H](CCSC)C(=O)O.C[C@@H](C(=O)O)N(C)C1CCCC1. The second-order valence-corrected chi connectivity index (χ2v) is 6.56. The number of nitrogens with one attached hydrogen (secondary N) is 1. The van der Waals surface area contributed by atoms with Crippen LogP contribution in [0.2, 0.25) is 0 Å². The van der Waals surface area contributed by atoms with Gasteiger partial charge in [0.2, 0.25) is 0 Å². The predicted octanol–water partition coefficient (Wildman–Crippen LogP) is 1.75. The lowest BCUT2D eigenvalue weighted by Crippen LogP contribution is -2.41. The molecule has 7 heteroatoms. The van der Waals surface area contributed by atoms with Crippen LogP contribution in [0.1, 0.15) is 39.0 Å². The fourth-order valence-corrected chi connectivity index (χ4v) is 2.90. The Morgan fingerprint density at radius 2 is 1.82 bits per heavy atom. The number of rotatable bonds is 8. The molecule has 1 rings (SSSR count). The maximum absolute atomic E-state index is 10.7. The largest absolute Gasteiger partial charge is 0.480 e. The number of thioether (sulfide) groups is 1. The van der Waals surface area contributed by atoms with Gasteiger partial charge in [-0.2, -0.15) is 11.8 Å². The fourth-order valence-electron chi connectivity index (χ4n) is 2.43. The summed E-state index contributed by atoms with van der Waals surface area (Å²) in [5.41, 5.74) is 0. The van der Waals surface area contributed by atoms with Crippen LogP contribution in [0.15, 0.2) is 0 Å². The smallest absolute Gasteiger partial charge is 0.320 e. The highest BCUT2D eigenvalue weighted by atomic mass is 32.2.